The summed E-state index contributed by atoms with van der Waals surface area (Å²) < 4.78 is 0. The third kappa shape index (κ3) is 5.49. The first-order valence-electron chi connectivity index (χ1n) is 16.9. The van der Waals surface area contributed by atoms with Crippen molar-refractivity contribution in [3.8, 4) is 33.4 Å². The van der Waals surface area contributed by atoms with Crippen molar-refractivity contribution in [2.24, 2.45) is 0 Å². The normalized spacial score (nSPS) is 12.9. The number of hydrogen-bond acceptors (Lipinski definition) is 0. The Kier molecular flexibility index (Phi) is 8.51. The van der Waals surface area contributed by atoms with Crippen LogP contribution in [0.4, 0.5) is 11.4 Å². The Morgan fingerprint density at radius 1 is 0.353 bits per heavy atom. The van der Waals surface area contributed by atoms with E-state index in [-0.39, 0.29) is 25.2 Å². The number of rotatable bonds is 5. The van der Waals surface area contributed by atoms with Crippen molar-refractivity contribution in [2.75, 3.05) is 0 Å². The van der Waals surface area contributed by atoms with Crippen LogP contribution in [0.1, 0.15) is 34.3 Å². The van der Waals surface area contributed by atoms with E-state index >= 15 is 0 Å². The van der Waals surface area contributed by atoms with Crippen LogP contribution in [0, 0.1) is 0 Å². The SMILES string of the molecule is [Cl][Fe][Cl].c1ccc2c(c1)-c1ccccc1C2[N-]c1ccc2ccccc2c1-c1c([N-]C2c3ccccc3-c3ccccc32)ccc2ccccc12. The molecule has 248 valence electrons. The summed E-state index contributed by atoms with van der Waals surface area (Å²) in [5.41, 5.74) is 14.3. The van der Waals surface area contributed by atoms with Crippen LogP contribution in [0.3, 0.4) is 0 Å². The number of fused-ring (bicyclic) bond motifs is 8. The van der Waals surface area contributed by atoms with Gasteiger partial charge < -0.3 is 10.6 Å². The van der Waals surface area contributed by atoms with Gasteiger partial charge >= 0.3 is 33.3 Å². The van der Waals surface area contributed by atoms with Gasteiger partial charge in [0.2, 0.25) is 0 Å². The van der Waals surface area contributed by atoms with Gasteiger partial charge in [-0.1, -0.05) is 204 Å². The summed E-state index contributed by atoms with van der Waals surface area (Å²) in [6, 6.07) is 61.0. The molecule has 0 unspecified atom stereocenters. The van der Waals surface area contributed by atoms with E-state index in [4.69, 9.17) is 30.8 Å². The van der Waals surface area contributed by atoms with Gasteiger partial charge in [0.25, 0.3) is 0 Å². The van der Waals surface area contributed by atoms with Crippen molar-refractivity contribution in [2.45, 2.75) is 12.1 Å². The molecule has 0 fully saturated rings. The van der Waals surface area contributed by atoms with E-state index in [0.29, 0.717) is 0 Å². The molecule has 0 bridgehead atoms. The molecule has 10 rings (SSSR count). The molecule has 0 heterocycles. The summed E-state index contributed by atoms with van der Waals surface area (Å²) in [4.78, 5) is 0. The van der Waals surface area contributed by atoms with Crippen LogP contribution in [-0.2, 0) is 13.1 Å². The molecule has 2 nitrogen and oxygen atoms in total. The maximum atomic E-state index is 5.68. The molecule has 5 heteroatoms. The second-order valence-corrected chi connectivity index (χ2v) is 14.6. The van der Waals surface area contributed by atoms with Crippen molar-refractivity contribution in [3.05, 3.63) is 203 Å². The Hall–Kier alpha value is -5.02. The second kappa shape index (κ2) is 13.6. The van der Waals surface area contributed by atoms with Gasteiger partial charge in [-0.3, -0.25) is 0 Å². The zero-order valence-corrected chi connectivity index (χ0v) is 29.9. The van der Waals surface area contributed by atoms with Crippen LogP contribution in [0.5, 0.6) is 0 Å². The van der Waals surface area contributed by atoms with Crippen LogP contribution in [0.15, 0.2) is 170 Å². The van der Waals surface area contributed by atoms with E-state index in [1.807, 2.05) is 0 Å². The fourth-order valence-corrected chi connectivity index (χ4v) is 8.08. The van der Waals surface area contributed by atoms with Gasteiger partial charge in [0.1, 0.15) is 0 Å². The van der Waals surface area contributed by atoms with Gasteiger partial charge in [-0.25, -0.2) is 0 Å². The van der Waals surface area contributed by atoms with Crippen molar-refractivity contribution in [3.63, 3.8) is 0 Å². The van der Waals surface area contributed by atoms with Crippen LogP contribution < -0.4 is 0 Å². The molecule has 0 saturated carbocycles. The molecule has 0 radical (unpaired) electrons. The zero-order valence-electron chi connectivity index (χ0n) is 27.3. The quantitative estimate of drug-likeness (QED) is 0.157. The van der Waals surface area contributed by atoms with E-state index in [9.17, 15) is 0 Å². The van der Waals surface area contributed by atoms with E-state index in [2.05, 4.69) is 170 Å². The molecule has 0 saturated heterocycles. The second-order valence-electron chi connectivity index (χ2n) is 12.8. The maximum absolute atomic E-state index is 5.68. The van der Waals surface area contributed by atoms with Gasteiger partial charge in [-0.05, 0) is 54.9 Å². The smallest absolute Gasteiger partial charge is 0.0118 e. The van der Waals surface area contributed by atoms with Crippen molar-refractivity contribution >= 4 is 53.1 Å². The monoisotopic (exact) mass is 736 g/mol. The third-order valence-electron chi connectivity index (χ3n) is 10.2. The number of benzene rings is 8. The molecule has 0 N–H and O–H groups in total. The summed E-state index contributed by atoms with van der Waals surface area (Å²) in [6.45, 7) is 0. The summed E-state index contributed by atoms with van der Waals surface area (Å²) in [7, 11) is 9.53. The first kappa shape index (κ1) is 31.9. The minimum Gasteiger partial charge on any atom is -0.674 e. The van der Waals surface area contributed by atoms with Crippen LogP contribution in [0.25, 0.3) is 65.6 Å². The first-order valence-corrected chi connectivity index (χ1v) is 20.0. The summed E-state index contributed by atoms with van der Waals surface area (Å²) >= 11 is 0.194. The predicted octanol–water partition coefficient (Wildman–Crippen LogP) is 14.6. The van der Waals surface area contributed by atoms with Crippen molar-refractivity contribution in [1.29, 1.82) is 0 Å². The number of hydrogen-bond donors (Lipinski definition) is 0. The molecule has 0 aliphatic heterocycles. The molecule has 8 aromatic rings. The Labute approximate surface area is 312 Å². The fourth-order valence-electron chi connectivity index (χ4n) is 8.08. The van der Waals surface area contributed by atoms with Gasteiger partial charge in [0, 0.05) is 0 Å². The average molecular weight is 738 g/mol. The van der Waals surface area contributed by atoms with Gasteiger partial charge in [0.15, 0.2) is 0 Å². The topological polar surface area (TPSA) is 28.2 Å². The van der Waals surface area contributed by atoms with Crippen LogP contribution >= 0.6 is 20.2 Å². The Balaban J connectivity index is 0.00000112. The van der Waals surface area contributed by atoms with Crippen molar-refractivity contribution in [1.82, 2.24) is 0 Å². The number of nitrogens with zero attached hydrogens (tertiary/aromatic N) is 2. The van der Waals surface area contributed by atoms with E-state index in [1.165, 1.54) is 66.1 Å². The molecule has 0 atom stereocenters. The van der Waals surface area contributed by atoms with Gasteiger partial charge in [0.05, 0.1) is 0 Å². The molecule has 0 aromatic heterocycles. The van der Waals surface area contributed by atoms with E-state index in [1.54, 1.807) is 0 Å². The minimum absolute atomic E-state index is 0.0961. The first-order chi connectivity index (χ1) is 25.2. The molecule has 2 aliphatic carbocycles. The molecule has 0 spiro atoms. The summed E-state index contributed by atoms with van der Waals surface area (Å²) in [5, 5.41) is 16.1. The zero-order chi connectivity index (χ0) is 34.3. The molecule has 8 aromatic carbocycles. The average Bonchev–Trinajstić information content (AvgIpc) is 3.67. The van der Waals surface area contributed by atoms with Gasteiger partial charge in [-0.15, -0.1) is 11.4 Å². The van der Waals surface area contributed by atoms with Crippen molar-refractivity contribution < 1.29 is 13.1 Å². The molecule has 51 heavy (non-hydrogen) atoms. The van der Waals surface area contributed by atoms with E-state index in [0.717, 1.165) is 22.5 Å². The summed E-state index contributed by atoms with van der Waals surface area (Å²) in [5.74, 6) is 0. The molecular formula is C46H30Cl2FeN2-2. The van der Waals surface area contributed by atoms with Gasteiger partial charge in [-0.2, -0.15) is 0 Å². The maximum Gasteiger partial charge on any atom is -0.0118 e. The fraction of sp³-hybridized carbons (Fsp3) is 0.0435. The molecule has 0 amide bonds. The van der Waals surface area contributed by atoms with E-state index < -0.39 is 0 Å². The van der Waals surface area contributed by atoms with Crippen LogP contribution in [-0.4, -0.2) is 0 Å². The Bertz CT molecular complexity index is 2310. The molecule has 2 aliphatic rings. The third-order valence-corrected chi connectivity index (χ3v) is 10.2. The standard InChI is InChI=1S/C46H30N2.2ClH.Fe/c1-3-15-31-29(13-1)25-27-41(47-45-37-21-9-5-17-33(37)34-18-6-10-22-38(34)45)43(31)44-32-16-4-2-14-30(32)26-28-42(44)48-46-39-23-11-7-19-35(39)36-20-8-12-24-40(36)46;;;/h1-28,45-46H;2*1H;/q-2;;;+2/p-2. The minimum atomic E-state index is -0.0961. The van der Waals surface area contributed by atoms with Crippen LogP contribution in [0.2, 0.25) is 0 Å². The number of halogens is 2. The largest absolute Gasteiger partial charge is 0.674 e. The predicted molar refractivity (Wildman–Crippen MR) is 212 cm³/mol. The summed E-state index contributed by atoms with van der Waals surface area (Å²) in [6.07, 6.45) is 0. The molecular weight excluding hydrogens is 707 g/mol. The Morgan fingerprint density at radius 3 is 1.00 bits per heavy atom. The Morgan fingerprint density at radius 2 is 0.647 bits per heavy atom.